The zero-order valence-corrected chi connectivity index (χ0v) is 15.2. The average Bonchev–Trinajstić information content (AvgIpc) is 3.13. The van der Waals surface area contributed by atoms with Gasteiger partial charge in [-0.05, 0) is 30.7 Å². The average molecular weight is 354 g/mol. The quantitative estimate of drug-likeness (QED) is 0.917. The molecular weight excluding hydrogens is 328 g/mol. The smallest absolute Gasteiger partial charge is 0.238 e. The second-order valence-electron chi connectivity index (χ2n) is 7.30. The predicted molar refractivity (Wildman–Crippen MR) is 102 cm³/mol. The van der Waals surface area contributed by atoms with Gasteiger partial charge in [-0.1, -0.05) is 36.4 Å². The number of carbonyl (C=O) groups excluding carboxylic acids is 1. The van der Waals surface area contributed by atoms with E-state index in [4.69, 9.17) is 9.47 Å². The van der Waals surface area contributed by atoms with E-state index < -0.39 is 0 Å². The first kappa shape index (κ1) is 17.5. The molecule has 1 amide bonds. The van der Waals surface area contributed by atoms with Crippen molar-refractivity contribution in [2.24, 2.45) is 0 Å². The van der Waals surface area contributed by atoms with E-state index in [1.807, 2.05) is 30.3 Å². The topological polar surface area (TPSA) is 50.8 Å². The summed E-state index contributed by atoms with van der Waals surface area (Å²) in [5, 5.41) is 5.27. The van der Waals surface area contributed by atoms with Crippen LogP contribution in [0.15, 0.2) is 42.5 Å². The Kier molecular flexibility index (Phi) is 4.94. The number of methoxy groups -OCH3 is 1. The first-order chi connectivity index (χ1) is 12.7. The normalized spacial score (nSPS) is 26.4. The standard InChI is InChI=1S/C21H26N2O3/c1-25-19-14-23(12-11-21(19)10-5-13-26-21)15-20(24)22-18-9-4-7-16-6-2-3-8-17(16)18/h2-4,6-9,19H,5,10-15H2,1H3,(H,22,24). The highest BCUT2D eigenvalue weighted by molar-refractivity contribution is 6.02. The highest BCUT2D eigenvalue weighted by atomic mass is 16.5. The monoisotopic (exact) mass is 354 g/mol. The summed E-state index contributed by atoms with van der Waals surface area (Å²) in [5.41, 5.74) is 0.723. The van der Waals surface area contributed by atoms with Crippen LogP contribution in [0.5, 0.6) is 0 Å². The number of nitrogens with one attached hydrogen (secondary N) is 1. The molecule has 2 aliphatic heterocycles. The zero-order chi connectivity index (χ0) is 18.0. The van der Waals surface area contributed by atoms with Crippen molar-refractivity contribution < 1.29 is 14.3 Å². The van der Waals surface area contributed by atoms with Gasteiger partial charge < -0.3 is 14.8 Å². The van der Waals surface area contributed by atoms with Crippen LogP contribution < -0.4 is 5.32 Å². The van der Waals surface area contributed by atoms with Gasteiger partial charge in [-0.25, -0.2) is 0 Å². The molecule has 5 nitrogen and oxygen atoms in total. The number of piperidine rings is 1. The predicted octanol–water partition coefficient (Wildman–Crippen LogP) is 3.05. The Labute approximate surface area is 154 Å². The summed E-state index contributed by atoms with van der Waals surface area (Å²) < 4.78 is 11.7. The maximum atomic E-state index is 12.6. The molecule has 2 atom stereocenters. The van der Waals surface area contributed by atoms with Crippen molar-refractivity contribution in [2.45, 2.75) is 31.0 Å². The minimum absolute atomic E-state index is 0.0134. The van der Waals surface area contributed by atoms with Crippen molar-refractivity contribution in [2.75, 3.05) is 38.7 Å². The van der Waals surface area contributed by atoms with E-state index >= 15 is 0 Å². The van der Waals surface area contributed by atoms with Crippen LogP contribution in [0.25, 0.3) is 10.8 Å². The van der Waals surface area contributed by atoms with Crippen molar-refractivity contribution in [1.82, 2.24) is 4.90 Å². The second kappa shape index (κ2) is 7.35. The van der Waals surface area contributed by atoms with E-state index in [2.05, 4.69) is 22.3 Å². The van der Waals surface area contributed by atoms with Crippen LogP contribution in [0, 0.1) is 0 Å². The van der Waals surface area contributed by atoms with Crippen LogP contribution in [0.4, 0.5) is 5.69 Å². The van der Waals surface area contributed by atoms with Crippen molar-refractivity contribution >= 4 is 22.4 Å². The van der Waals surface area contributed by atoms with Gasteiger partial charge in [0.15, 0.2) is 0 Å². The zero-order valence-electron chi connectivity index (χ0n) is 15.2. The Morgan fingerprint density at radius 1 is 1.27 bits per heavy atom. The van der Waals surface area contributed by atoms with Crippen LogP contribution >= 0.6 is 0 Å². The Balaban J connectivity index is 1.41. The third-order valence-electron chi connectivity index (χ3n) is 5.71. The molecule has 2 aromatic rings. The molecule has 2 saturated heterocycles. The fourth-order valence-corrected chi connectivity index (χ4v) is 4.33. The van der Waals surface area contributed by atoms with E-state index in [-0.39, 0.29) is 17.6 Å². The number of anilines is 1. The van der Waals surface area contributed by atoms with Gasteiger partial charge in [0.25, 0.3) is 0 Å². The van der Waals surface area contributed by atoms with E-state index in [1.54, 1.807) is 7.11 Å². The molecule has 2 heterocycles. The van der Waals surface area contributed by atoms with Gasteiger partial charge in [0.2, 0.25) is 5.91 Å². The van der Waals surface area contributed by atoms with Gasteiger partial charge >= 0.3 is 0 Å². The van der Waals surface area contributed by atoms with Crippen LogP contribution in [0.2, 0.25) is 0 Å². The number of amides is 1. The molecule has 5 heteroatoms. The van der Waals surface area contributed by atoms with Gasteiger partial charge in [-0.3, -0.25) is 9.69 Å². The summed E-state index contributed by atoms with van der Waals surface area (Å²) in [6.45, 7) is 2.79. The van der Waals surface area contributed by atoms with Crippen molar-refractivity contribution in [3.05, 3.63) is 42.5 Å². The van der Waals surface area contributed by atoms with E-state index in [1.165, 1.54) is 0 Å². The third-order valence-corrected chi connectivity index (χ3v) is 5.71. The summed E-state index contributed by atoms with van der Waals surface area (Å²) in [5.74, 6) is 0.0134. The van der Waals surface area contributed by atoms with Gasteiger partial charge in [-0.15, -0.1) is 0 Å². The fraction of sp³-hybridized carbons (Fsp3) is 0.476. The lowest BCUT2D eigenvalue weighted by Gasteiger charge is -2.44. The maximum Gasteiger partial charge on any atom is 0.238 e. The molecule has 0 saturated carbocycles. The number of fused-ring (bicyclic) bond motifs is 1. The first-order valence-electron chi connectivity index (χ1n) is 9.37. The van der Waals surface area contributed by atoms with E-state index in [0.29, 0.717) is 6.54 Å². The summed E-state index contributed by atoms with van der Waals surface area (Å²) >= 11 is 0. The first-order valence-corrected chi connectivity index (χ1v) is 9.37. The number of nitrogens with zero attached hydrogens (tertiary/aromatic N) is 1. The largest absolute Gasteiger partial charge is 0.377 e. The fourth-order valence-electron chi connectivity index (χ4n) is 4.33. The number of likely N-dealkylation sites (tertiary alicyclic amines) is 1. The molecule has 0 bridgehead atoms. The molecule has 26 heavy (non-hydrogen) atoms. The van der Waals surface area contributed by atoms with Crippen LogP contribution in [-0.2, 0) is 14.3 Å². The molecule has 0 aromatic heterocycles. The van der Waals surface area contributed by atoms with Gasteiger partial charge in [0.05, 0.1) is 18.2 Å². The summed E-state index contributed by atoms with van der Waals surface area (Å²) in [4.78, 5) is 14.8. The highest BCUT2D eigenvalue weighted by Crippen LogP contribution is 2.37. The van der Waals surface area contributed by atoms with Crippen molar-refractivity contribution in [1.29, 1.82) is 0 Å². The molecule has 0 radical (unpaired) electrons. The second-order valence-corrected chi connectivity index (χ2v) is 7.30. The number of hydrogen-bond donors (Lipinski definition) is 1. The molecule has 2 unspecified atom stereocenters. The minimum atomic E-state index is -0.142. The minimum Gasteiger partial charge on any atom is -0.377 e. The maximum absolute atomic E-state index is 12.6. The highest BCUT2D eigenvalue weighted by Gasteiger charge is 2.46. The lowest BCUT2D eigenvalue weighted by molar-refractivity contribution is -0.145. The molecule has 138 valence electrons. The SMILES string of the molecule is COC1CN(CC(=O)Nc2cccc3ccccc23)CCC12CCCO2. The van der Waals surface area contributed by atoms with Crippen molar-refractivity contribution in [3.8, 4) is 0 Å². The van der Waals surface area contributed by atoms with Crippen LogP contribution in [0.1, 0.15) is 19.3 Å². The number of carbonyl (C=O) groups is 1. The van der Waals surface area contributed by atoms with Crippen LogP contribution in [0.3, 0.4) is 0 Å². The van der Waals surface area contributed by atoms with Gasteiger partial charge in [0, 0.05) is 37.9 Å². The summed E-state index contributed by atoms with van der Waals surface area (Å²) in [6, 6.07) is 14.1. The number of rotatable bonds is 4. The van der Waals surface area contributed by atoms with Gasteiger partial charge in [-0.2, -0.15) is 0 Å². The molecule has 2 aliphatic rings. The third kappa shape index (κ3) is 3.34. The summed E-state index contributed by atoms with van der Waals surface area (Å²) in [6.07, 6.45) is 3.11. The molecule has 0 aliphatic carbocycles. The Morgan fingerprint density at radius 3 is 2.92 bits per heavy atom. The summed E-state index contributed by atoms with van der Waals surface area (Å²) in [7, 11) is 1.74. The van der Waals surface area contributed by atoms with E-state index in [0.717, 1.165) is 55.4 Å². The molecule has 2 aromatic carbocycles. The Bertz CT molecular complexity index is 780. The van der Waals surface area contributed by atoms with Crippen LogP contribution in [-0.4, -0.2) is 55.9 Å². The molecule has 2 fully saturated rings. The number of benzene rings is 2. The van der Waals surface area contributed by atoms with Crippen molar-refractivity contribution in [3.63, 3.8) is 0 Å². The molecule has 1 spiro atoms. The van der Waals surface area contributed by atoms with E-state index in [9.17, 15) is 4.79 Å². The number of hydrogen-bond acceptors (Lipinski definition) is 4. The Hall–Kier alpha value is -1.95. The molecule has 4 rings (SSSR count). The molecule has 1 N–H and O–H groups in total. The van der Waals surface area contributed by atoms with Gasteiger partial charge in [0.1, 0.15) is 0 Å². The lowest BCUT2D eigenvalue weighted by Crippen LogP contribution is -2.57. The molecular formula is C21H26N2O3. The lowest BCUT2D eigenvalue weighted by atomic mass is 9.86. The number of ether oxygens (including phenoxy) is 2. The Morgan fingerprint density at radius 2 is 2.12 bits per heavy atom.